The number of methoxy groups -OCH3 is 2. The highest BCUT2D eigenvalue weighted by Crippen LogP contribution is 2.33. The van der Waals surface area contributed by atoms with Gasteiger partial charge in [-0.05, 0) is 67.4 Å². The van der Waals surface area contributed by atoms with Crippen molar-refractivity contribution in [2.45, 2.75) is 13.8 Å². The van der Waals surface area contributed by atoms with Crippen molar-refractivity contribution < 1.29 is 13.9 Å². The van der Waals surface area contributed by atoms with Gasteiger partial charge in [-0.25, -0.2) is 10.4 Å². The topological polar surface area (TPSA) is 84.7 Å². The van der Waals surface area contributed by atoms with Crippen LogP contribution in [-0.4, -0.2) is 24.2 Å². The summed E-state index contributed by atoms with van der Waals surface area (Å²) in [6.45, 7) is 4.14. The molecule has 7 nitrogen and oxygen atoms in total. The fourth-order valence-electron chi connectivity index (χ4n) is 3.77. The number of para-hydroxylation sites is 2. The van der Waals surface area contributed by atoms with E-state index in [0.717, 1.165) is 44.1 Å². The first-order valence-corrected chi connectivity index (χ1v) is 10.6. The monoisotopic (exact) mass is 440 g/mol. The number of ether oxygens (including phenoxy) is 2. The average molecular weight is 441 g/mol. The molecule has 0 aliphatic carbocycles. The lowest BCUT2D eigenvalue weighted by molar-refractivity contribution is 0.355. The van der Waals surface area contributed by atoms with Crippen molar-refractivity contribution in [3.63, 3.8) is 0 Å². The normalized spacial score (nSPS) is 11.8. The molecule has 3 aromatic carbocycles. The van der Waals surface area contributed by atoms with Gasteiger partial charge in [0.15, 0.2) is 11.5 Å². The first-order valence-electron chi connectivity index (χ1n) is 10.6. The van der Waals surface area contributed by atoms with Crippen molar-refractivity contribution in [3.05, 3.63) is 77.1 Å². The summed E-state index contributed by atoms with van der Waals surface area (Å²) in [5.41, 5.74) is 8.80. The summed E-state index contributed by atoms with van der Waals surface area (Å²) in [5.74, 6) is 2.52. The maximum Gasteiger partial charge on any atom is 0.222 e. The molecular formula is C26H24N4O3. The Morgan fingerprint density at radius 3 is 2.48 bits per heavy atom. The van der Waals surface area contributed by atoms with Crippen LogP contribution in [0.2, 0.25) is 0 Å². The number of anilines is 1. The van der Waals surface area contributed by atoms with E-state index in [2.05, 4.69) is 40.4 Å². The number of benzene rings is 3. The molecule has 0 atom stereocenters. The molecule has 0 aliphatic rings. The molecule has 0 amide bonds. The van der Waals surface area contributed by atoms with E-state index in [1.165, 1.54) is 0 Å². The molecule has 5 aromatic rings. The van der Waals surface area contributed by atoms with Gasteiger partial charge in [0, 0.05) is 17.0 Å². The predicted molar refractivity (Wildman–Crippen MR) is 130 cm³/mol. The second-order valence-corrected chi connectivity index (χ2v) is 7.82. The molecule has 7 heteroatoms. The Kier molecular flexibility index (Phi) is 5.22. The summed E-state index contributed by atoms with van der Waals surface area (Å²) in [4.78, 5) is 7.79. The lowest BCUT2D eigenvalue weighted by atomic mass is 10.1. The molecule has 2 heterocycles. The molecular weight excluding hydrogens is 416 g/mol. The molecule has 0 saturated carbocycles. The van der Waals surface area contributed by atoms with Gasteiger partial charge in [0.05, 0.1) is 30.6 Å². The molecule has 0 fully saturated rings. The molecule has 2 N–H and O–H groups in total. The van der Waals surface area contributed by atoms with E-state index in [4.69, 9.17) is 13.9 Å². The Morgan fingerprint density at radius 1 is 0.909 bits per heavy atom. The minimum absolute atomic E-state index is 0.571. The van der Waals surface area contributed by atoms with Gasteiger partial charge in [0.1, 0.15) is 11.3 Å². The summed E-state index contributed by atoms with van der Waals surface area (Å²) in [7, 11) is 3.23. The van der Waals surface area contributed by atoms with Crippen LogP contribution in [-0.2, 0) is 0 Å². The van der Waals surface area contributed by atoms with Crippen LogP contribution in [0.4, 0.5) is 5.95 Å². The number of rotatable bonds is 5. The second kappa shape index (κ2) is 8.35. The zero-order chi connectivity index (χ0) is 22.9. The minimum atomic E-state index is 0.571. The van der Waals surface area contributed by atoms with Crippen LogP contribution in [0.25, 0.3) is 33.3 Å². The fraction of sp³-hybridized carbons (Fsp3) is 0.154. The van der Waals surface area contributed by atoms with Gasteiger partial charge in [0.25, 0.3) is 0 Å². The third-order valence-electron chi connectivity index (χ3n) is 5.70. The Bertz CT molecular complexity index is 1520. The van der Waals surface area contributed by atoms with Crippen molar-refractivity contribution >= 4 is 28.0 Å². The number of aryl methyl sites for hydroxylation is 2. The Morgan fingerprint density at radius 2 is 1.70 bits per heavy atom. The number of aromatic nitrogens is 2. The Balaban J connectivity index is 1.66. The number of hydrogen-bond donors (Lipinski definition) is 2. The standard InChI is InChI=1S/C26H24N4O3/c1-15-11-18-21(29-30-26-27-19-7-5-6-8-20(19)28-26)14-23(33-24(18)12-16(15)2)17-9-10-22(31-3)25(13-17)32-4/h5-14H,1-4H3,(H2,27,28,30)/b29-21+. The number of hydrogen-bond acceptors (Lipinski definition) is 6. The van der Waals surface area contributed by atoms with E-state index >= 15 is 0 Å². The maximum atomic E-state index is 6.29. The van der Waals surface area contributed by atoms with Gasteiger partial charge >= 0.3 is 0 Å². The van der Waals surface area contributed by atoms with Gasteiger partial charge in [-0.2, -0.15) is 5.10 Å². The lowest BCUT2D eigenvalue weighted by Crippen LogP contribution is -2.08. The van der Waals surface area contributed by atoms with Gasteiger partial charge in [-0.15, -0.1) is 0 Å². The molecule has 0 saturated heterocycles. The molecule has 2 aromatic heterocycles. The van der Waals surface area contributed by atoms with Crippen LogP contribution in [0.1, 0.15) is 11.1 Å². The average Bonchev–Trinajstić information content (AvgIpc) is 3.26. The van der Waals surface area contributed by atoms with Crippen LogP contribution in [0.15, 0.2) is 70.2 Å². The summed E-state index contributed by atoms with van der Waals surface area (Å²) < 4.78 is 17.1. The largest absolute Gasteiger partial charge is 0.493 e. The molecule has 0 unspecified atom stereocenters. The van der Waals surface area contributed by atoms with E-state index in [0.29, 0.717) is 23.2 Å². The van der Waals surface area contributed by atoms with Crippen LogP contribution >= 0.6 is 0 Å². The molecule has 166 valence electrons. The van der Waals surface area contributed by atoms with Crippen molar-refractivity contribution in [1.82, 2.24) is 9.97 Å². The number of fused-ring (bicyclic) bond motifs is 2. The SMILES string of the molecule is COc1ccc(-c2c/c(=N\Nc3nc4ccccc4[nH]3)c3cc(C)c(C)cc3o2)cc1OC. The number of aromatic amines is 1. The van der Waals surface area contributed by atoms with Crippen molar-refractivity contribution in [2.24, 2.45) is 5.10 Å². The molecule has 33 heavy (non-hydrogen) atoms. The zero-order valence-corrected chi connectivity index (χ0v) is 18.9. The Labute approximate surface area is 190 Å². The van der Waals surface area contributed by atoms with Crippen LogP contribution in [0, 0.1) is 13.8 Å². The van der Waals surface area contributed by atoms with E-state index in [1.807, 2.05) is 54.6 Å². The van der Waals surface area contributed by atoms with Crippen LogP contribution in [0.3, 0.4) is 0 Å². The minimum Gasteiger partial charge on any atom is -0.493 e. The molecule has 0 aliphatic heterocycles. The highest BCUT2D eigenvalue weighted by molar-refractivity contribution is 5.81. The van der Waals surface area contributed by atoms with E-state index in [-0.39, 0.29) is 0 Å². The highest BCUT2D eigenvalue weighted by Gasteiger charge is 2.11. The second-order valence-electron chi connectivity index (χ2n) is 7.82. The lowest BCUT2D eigenvalue weighted by Gasteiger charge is -2.11. The van der Waals surface area contributed by atoms with Crippen LogP contribution in [0.5, 0.6) is 11.5 Å². The molecule has 0 bridgehead atoms. The number of nitrogens with one attached hydrogen (secondary N) is 2. The first-order chi connectivity index (χ1) is 16.1. The van der Waals surface area contributed by atoms with Crippen molar-refractivity contribution in [3.8, 4) is 22.8 Å². The third-order valence-corrected chi connectivity index (χ3v) is 5.70. The fourth-order valence-corrected chi connectivity index (χ4v) is 3.77. The maximum absolute atomic E-state index is 6.29. The zero-order valence-electron chi connectivity index (χ0n) is 18.9. The molecule has 0 spiro atoms. The Hall–Kier alpha value is -4.26. The first kappa shape index (κ1) is 20.6. The highest BCUT2D eigenvalue weighted by atomic mass is 16.5. The van der Waals surface area contributed by atoms with Gasteiger partial charge in [0.2, 0.25) is 5.95 Å². The predicted octanol–water partition coefficient (Wildman–Crippen LogP) is 5.54. The van der Waals surface area contributed by atoms with E-state index < -0.39 is 0 Å². The number of nitrogens with zero attached hydrogens (tertiary/aromatic N) is 2. The summed E-state index contributed by atoms with van der Waals surface area (Å²) in [6, 6.07) is 19.6. The van der Waals surface area contributed by atoms with Crippen LogP contribution < -0.4 is 20.3 Å². The van der Waals surface area contributed by atoms with Crippen molar-refractivity contribution in [1.29, 1.82) is 0 Å². The van der Waals surface area contributed by atoms with E-state index in [9.17, 15) is 0 Å². The quantitative estimate of drug-likeness (QED) is 0.351. The smallest absolute Gasteiger partial charge is 0.222 e. The van der Waals surface area contributed by atoms with Gasteiger partial charge < -0.3 is 18.9 Å². The number of imidazole rings is 1. The summed E-state index contributed by atoms with van der Waals surface area (Å²) >= 11 is 0. The molecule has 0 radical (unpaired) electrons. The van der Waals surface area contributed by atoms with Gasteiger partial charge in [-0.3, -0.25) is 0 Å². The van der Waals surface area contributed by atoms with Crippen molar-refractivity contribution in [2.75, 3.05) is 19.6 Å². The number of H-pyrrole nitrogens is 1. The van der Waals surface area contributed by atoms with E-state index in [1.54, 1.807) is 14.2 Å². The third kappa shape index (κ3) is 3.89. The molecule has 5 rings (SSSR count). The summed E-state index contributed by atoms with van der Waals surface area (Å²) in [5, 5.41) is 6.32. The summed E-state index contributed by atoms with van der Waals surface area (Å²) in [6.07, 6.45) is 0. The van der Waals surface area contributed by atoms with Gasteiger partial charge in [-0.1, -0.05) is 12.1 Å².